The van der Waals surface area contributed by atoms with Crippen LogP contribution >= 0.6 is 0 Å². The van der Waals surface area contributed by atoms with Crippen LogP contribution in [0.5, 0.6) is 0 Å². The molecule has 1 rings (SSSR count). The topological polar surface area (TPSA) is 241 Å². The lowest BCUT2D eigenvalue weighted by Gasteiger charge is -2.29. The zero-order chi connectivity index (χ0) is 31.5. The van der Waals surface area contributed by atoms with Crippen molar-refractivity contribution in [2.45, 2.75) is 89.8 Å². The molecule has 0 aromatic carbocycles. The molecule has 4 atom stereocenters. The van der Waals surface area contributed by atoms with E-state index in [4.69, 9.17) is 4.74 Å². The number of carbonyl (C=O) groups excluding carboxylic acids is 2. The molecule has 0 spiro atoms. The molecule has 1 aliphatic rings. The van der Waals surface area contributed by atoms with Crippen molar-refractivity contribution in [2.75, 3.05) is 26.4 Å². The third-order valence-corrected chi connectivity index (χ3v) is 7.01. The number of aliphatic hydroxyl groups is 2. The number of ketones is 1. The summed E-state index contributed by atoms with van der Waals surface area (Å²) in [5.74, 6) is -1.47. The summed E-state index contributed by atoms with van der Waals surface area (Å²) in [5.41, 5.74) is -1.90. The van der Waals surface area contributed by atoms with Crippen LogP contribution in [0.1, 0.15) is 77.6 Å². The molecule has 1 fully saturated rings. The number of ether oxygens (including phenoxy) is 1. The summed E-state index contributed by atoms with van der Waals surface area (Å²) >= 11 is 0. The molecule has 240 valence electrons. The first-order valence-electron chi connectivity index (χ1n) is 13.9. The van der Waals surface area contributed by atoms with E-state index in [-0.39, 0.29) is 30.5 Å². The van der Waals surface area contributed by atoms with Crippen molar-refractivity contribution in [1.82, 2.24) is 0 Å². The van der Waals surface area contributed by atoms with Crippen molar-refractivity contribution in [1.29, 1.82) is 0 Å². The van der Waals surface area contributed by atoms with Gasteiger partial charge in [0.1, 0.15) is 32.2 Å². The number of Topliss-reactive ketones (excluding diaryl/α,β-unsaturated/α-hetero) is 1. The van der Waals surface area contributed by atoms with E-state index in [2.05, 4.69) is 21.4 Å². The number of esters is 1. The number of rotatable bonds is 24. The minimum atomic E-state index is -1.90. The molecule has 0 radical (unpaired) electrons. The van der Waals surface area contributed by atoms with E-state index in [0.29, 0.717) is 38.5 Å². The molecular formula is C25H41N3O14. The van der Waals surface area contributed by atoms with Gasteiger partial charge in [0.05, 0.1) is 17.6 Å². The lowest BCUT2D eigenvalue weighted by Crippen LogP contribution is -2.43. The average molecular weight is 608 g/mol. The molecule has 42 heavy (non-hydrogen) atoms. The Labute approximate surface area is 242 Å². The van der Waals surface area contributed by atoms with Crippen molar-refractivity contribution >= 4 is 11.8 Å². The molecule has 0 unspecified atom stereocenters. The second-order valence-electron chi connectivity index (χ2n) is 10.5. The van der Waals surface area contributed by atoms with E-state index in [1.165, 1.54) is 0 Å². The van der Waals surface area contributed by atoms with Crippen LogP contribution < -0.4 is 0 Å². The quantitative estimate of drug-likeness (QED) is 0.0527. The van der Waals surface area contributed by atoms with E-state index in [9.17, 15) is 50.1 Å². The summed E-state index contributed by atoms with van der Waals surface area (Å²) in [7, 11) is 0. The third kappa shape index (κ3) is 14.9. The number of hydrogen-bond acceptors (Lipinski definition) is 14. The largest absolute Gasteiger partial charge is 0.465 e. The molecule has 1 aliphatic carbocycles. The fourth-order valence-electron chi connectivity index (χ4n) is 4.66. The van der Waals surface area contributed by atoms with Crippen LogP contribution in [0.4, 0.5) is 0 Å². The van der Waals surface area contributed by atoms with Gasteiger partial charge in [-0.2, -0.15) is 0 Å². The highest BCUT2D eigenvalue weighted by atomic mass is 17.0. The highest BCUT2D eigenvalue weighted by molar-refractivity contribution is 5.84. The first kappa shape index (κ1) is 36.4. The van der Waals surface area contributed by atoms with Crippen LogP contribution in [-0.2, 0) is 28.8 Å². The van der Waals surface area contributed by atoms with Gasteiger partial charge in [0.15, 0.2) is 0 Å². The lowest BCUT2D eigenvalue weighted by atomic mass is 9.88. The summed E-state index contributed by atoms with van der Waals surface area (Å²) in [6, 6.07) is 0. The molecule has 0 amide bonds. The van der Waals surface area contributed by atoms with E-state index in [1.54, 1.807) is 12.2 Å². The van der Waals surface area contributed by atoms with Crippen molar-refractivity contribution < 1.29 is 54.3 Å². The van der Waals surface area contributed by atoms with Crippen LogP contribution in [0, 0.1) is 47.6 Å². The van der Waals surface area contributed by atoms with Gasteiger partial charge in [-0.1, -0.05) is 57.6 Å². The van der Waals surface area contributed by atoms with Crippen LogP contribution in [0.3, 0.4) is 0 Å². The minimum Gasteiger partial charge on any atom is -0.465 e. The Morgan fingerprint density at radius 1 is 0.952 bits per heavy atom. The van der Waals surface area contributed by atoms with Crippen molar-refractivity contribution in [3.05, 3.63) is 42.5 Å². The smallest absolute Gasteiger partial charge is 0.305 e. The lowest BCUT2D eigenvalue weighted by molar-refractivity contribution is -0.782. The van der Waals surface area contributed by atoms with Crippen LogP contribution in [0.25, 0.3) is 0 Å². The highest BCUT2D eigenvalue weighted by Crippen LogP contribution is 2.34. The first-order chi connectivity index (χ1) is 19.9. The second kappa shape index (κ2) is 19.5. The molecule has 0 aromatic rings. The van der Waals surface area contributed by atoms with Gasteiger partial charge in [-0.25, -0.2) is 0 Å². The Morgan fingerprint density at radius 3 is 2.07 bits per heavy atom. The Morgan fingerprint density at radius 2 is 1.52 bits per heavy atom. The third-order valence-electron chi connectivity index (χ3n) is 7.01. The molecule has 17 nitrogen and oxygen atoms in total. The average Bonchev–Trinajstić information content (AvgIpc) is 3.19. The standard InChI is InChI=1S/C25H41N3O14/c1-2-3-6-9-19(29)12-13-21-20(22(30)14-23(21)31)10-7-4-5-8-11-24(32)39-15-25(16-40-26(33)34,17-41-27(35)36)18-42-28(37)38/h12-13,19-21,23,29,31H,2-11,14-18H2,1H3/b13-12+/t19-,20+,21-,23+/m0/s1. The molecular weight excluding hydrogens is 566 g/mol. The van der Waals surface area contributed by atoms with Crippen LogP contribution in [0.15, 0.2) is 12.2 Å². The van der Waals surface area contributed by atoms with Gasteiger partial charge < -0.3 is 29.5 Å². The monoisotopic (exact) mass is 607 g/mol. The fraction of sp³-hybridized carbons (Fsp3) is 0.840. The SMILES string of the molecule is CCCCC[C@H](O)/C=C/[C@@H]1[C@H](O)CC(=O)[C@@H]1CCCCCCC(=O)OCC(CO[N+](=O)[O-])(CO[N+](=O)[O-])CO[N+](=O)[O-]. The number of nitrogens with zero attached hydrogens (tertiary/aromatic N) is 3. The normalized spacial score (nSPS) is 19.4. The molecule has 0 aliphatic heterocycles. The van der Waals surface area contributed by atoms with Crippen LogP contribution in [0.2, 0.25) is 0 Å². The van der Waals surface area contributed by atoms with Gasteiger partial charge in [-0.15, -0.1) is 30.3 Å². The Hall–Kier alpha value is -3.60. The second-order valence-corrected chi connectivity index (χ2v) is 10.5. The molecule has 0 bridgehead atoms. The zero-order valence-electron chi connectivity index (χ0n) is 23.7. The van der Waals surface area contributed by atoms with Crippen LogP contribution in [-0.4, -0.2) is 75.9 Å². The van der Waals surface area contributed by atoms with Gasteiger partial charge in [0, 0.05) is 24.7 Å². The molecule has 0 heterocycles. The first-order valence-corrected chi connectivity index (χ1v) is 13.9. The van der Waals surface area contributed by atoms with E-state index in [0.717, 1.165) is 19.3 Å². The van der Waals surface area contributed by atoms with Gasteiger partial charge in [0.2, 0.25) is 0 Å². The van der Waals surface area contributed by atoms with Gasteiger partial charge in [0.25, 0.3) is 15.3 Å². The Balaban J connectivity index is 2.51. The highest BCUT2D eigenvalue weighted by Gasteiger charge is 2.39. The van der Waals surface area contributed by atoms with E-state index < -0.39 is 65.3 Å². The predicted octanol–water partition coefficient (Wildman–Crippen LogP) is 2.55. The predicted molar refractivity (Wildman–Crippen MR) is 142 cm³/mol. The molecule has 17 heteroatoms. The molecule has 2 N–H and O–H groups in total. The fourth-order valence-corrected chi connectivity index (χ4v) is 4.66. The van der Waals surface area contributed by atoms with Gasteiger partial charge in [-0.3, -0.25) is 9.59 Å². The minimum absolute atomic E-state index is 0.0205. The summed E-state index contributed by atoms with van der Waals surface area (Å²) < 4.78 is 5.06. The summed E-state index contributed by atoms with van der Waals surface area (Å²) in [4.78, 5) is 69.1. The summed E-state index contributed by atoms with van der Waals surface area (Å²) in [6.45, 7) is -1.47. The van der Waals surface area contributed by atoms with Gasteiger partial charge >= 0.3 is 5.97 Å². The summed E-state index contributed by atoms with van der Waals surface area (Å²) in [5, 5.41) is 48.6. The maximum atomic E-state index is 12.4. The number of aliphatic hydroxyl groups excluding tert-OH is 2. The molecule has 0 aromatic heterocycles. The van der Waals surface area contributed by atoms with E-state index >= 15 is 0 Å². The van der Waals surface area contributed by atoms with E-state index in [1.807, 2.05) is 0 Å². The van der Waals surface area contributed by atoms with Crippen molar-refractivity contribution in [3.63, 3.8) is 0 Å². The Kier molecular flexibility index (Phi) is 16.9. The Bertz CT molecular complexity index is 869. The molecule has 0 saturated heterocycles. The van der Waals surface area contributed by atoms with Crippen molar-refractivity contribution in [3.8, 4) is 0 Å². The van der Waals surface area contributed by atoms with Crippen molar-refractivity contribution in [2.24, 2.45) is 17.3 Å². The number of unbranched alkanes of at least 4 members (excludes halogenated alkanes) is 5. The van der Waals surface area contributed by atoms with Gasteiger partial charge in [-0.05, 0) is 19.3 Å². The maximum absolute atomic E-state index is 12.4. The number of carbonyl (C=O) groups is 2. The maximum Gasteiger partial charge on any atom is 0.305 e. The summed E-state index contributed by atoms with van der Waals surface area (Å²) in [6.07, 6.45) is 8.47. The zero-order valence-corrected chi connectivity index (χ0v) is 23.7. The molecule has 1 saturated carbocycles. The number of hydrogen-bond donors (Lipinski definition) is 2.